The standard InChI is InChI=1S/C11H13N3O2/c1-2-16-11(15)9(12)8-6-14-10-7(8)4-3-5-13-10/h3-6,9H,2,12H2,1H3,(H,13,14)/t9-/m1/s1. The normalized spacial score (nSPS) is 12.6. The summed E-state index contributed by atoms with van der Waals surface area (Å²) in [5.41, 5.74) is 7.24. The predicted octanol–water partition coefficient (Wildman–Crippen LogP) is 1.13. The number of nitrogens with zero attached hydrogens (tertiary/aromatic N) is 1. The van der Waals surface area contributed by atoms with Crippen LogP contribution in [0.4, 0.5) is 0 Å². The Labute approximate surface area is 92.6 Å². The fourth-order valence-corrected chi connectivity index (χ4v) is 1.59. The van der Waals surface area contributed by atoms with Gasteiger partial charge in [-0.3, -0.25) is 0 Å². The lowest BCUT2D eigenvalue weighted by Gasteiger charge is -2.09. The van der Waals surface area contributed by atoms with Gasteiger partial charge in [-0.25, -0.2) is 9.78 Å². The second-order valence-electron chi connectivity index (χ2n) is 3.37. The van der Waals surface area contributed by atoms with Crippen molar-refractivity contribution in [2.45, 2.75) is 13.0 Å². The highest BCUT2D eigenvalue weighted by atomic mass is 16.5. The van der Waals surface area contributed by atoms with Crippen LogP contribution in [0, 0.1) is 0 Å². The van der Waals surface area contributed by atoms with Gasteiger partial charge in [0.05, 0.1) is 6.61 Å². The molecule has 0 aliphatic heterocycles. The maximum Gasteiger partial charge on any atom is 0.327 e. The molecule has 0 fully saturated rings. The van der Waals surface area contributed by atoms with Gasteiger partial charge in [0, 0.05) is 23.3 Å². The maximum absolute atomic E-state index is 11.5. The number of aromatic nitrogens is 2. The molecule has 5 heteroatoms. The van der Waals surface area contributed by atoms with Crippen molar-refractivity contribution in [2.24, 2.45) is 5.73 Å². The average molecular weight is 219 g/mol. The van der Waals surface area contributed by atoms with Crippen LogP contribution < -0.4 is 5.73 Å². The summed E-state index contributed by atoms with van der Waals surface area (Å²) in [5, 5.41) is 0.850. The largest absolute Gasteiger partial charge is 0.465 e. The van der Waals surface area contributed by atoms with Crippen molar-refractivity contribution in [3.05, 3.63) is 30.1 Å². The van der Waals surface area contributed by atoms with Crippen molar-refractivity contribution in [3.63, 3.8) is 0 Å². The van der Waals surface area contributed by atoms with E-state index in [1.54, 1.807) is 25.4 Å². The van der Waals surface area contributed by atoms with Gasteiger partial charge in [-0.1, -0.05) is 0 Å². The average Bonchev–Trinajstić information content (AvgIpc) is 2.72. The van der Waals surface area contributed by atoms with E-state index in [0.29, 0.717) is 12.2 Å². The van der Waals surface area contributed by atoms with E-state index in [1.165, 1.54) is 0 Å². The Morgan fingerprint density at radius 3 is 3.25 bits per heavy atom. The van der Waals surface area contributed by atoms with E-state index < -0.39 is 12.0 Å². The minimum absolute atomic E-state index is 0.327. The monoisotopic (exact) mass is 219 g/mol. The Morgan fingerprint density at radius 1 is 1.69 bits per heavy atom. The van der Waals surface area contributed by atoms with Crippen LogP contribution in [-0.4, -0.2) is 22.5 Å². The molecule has 3 N–H and O–H groups in total. The van der Waals surface area contributed by atoms with Crippen molar-refractivity contribution in [1.82, 2.24) is 9.97 Å². The van der Waals surface area contributed by atoms with Gasteiger partial charge < -0.3 is 15.5 Å². The SMILES string of the molecule is CCOC(=O)[C@H](N)c1c[nH]c2ncccc12. The molecule has 0 bridgehead atoms. The van der Waals surface area contributed by atoms with Crippen molar-refractivity contribution < 1.29 is 9.53 Å². The minimum atomic E-state index is -0.766. The number of aromatic amines is 1. The first-order chi connectivity index (χ1) is 7.74. The van der Waals surface area contributed by atoms with E-state index in [0.717, 1.165) is 11.0 Å². The van der Waals surface area contributed by atoms with Crippen molar-refractivity contribution in [2.75, 3.05) is 6.61 Å². The molecule has 0 aliphatic rings. The highest BCUT2D eigenvalue weighted by Gasteiger charge is 2.20. The third-order valence-corrected chi connectivity index (χ3v) is 2.36. The van der Waals surface area contributed by atoms with Crippen LogP contribution >= 0.6 is 0 Å². The second-order valence-corrected chi connectivity index (χ2v) is 3.37. The first-order valence-electron chi connectivity index (χ1n) is 5.08. The molecule has 0 aliphatic carbocycles. The van der Waals surface area contributed by atoms with Gasteiger partial charge in [-0.2, -0.15) is 0 Å². The molecular formula is C11H13N3O2. The molecule has 0 saturated carbocycles. The minimum Gasteiger partial charge on any atom is -0.465 e. The number of carbonyl (C=O) groups is 1. The summed E-state index contributed by atoms with van der Waals surface area (Å²) in [5.74, 6) is -0.424. The van der Waals surface area contributed by atoms with Crippen LogP contribution in [0.25, 0.3) is 11.0 Å². The highest BCUT2D eigenvalue weighted by molar-refractivity contribution is 5.87. The summed E-state index contributed by atoms with van der Waals surface area (Å²) in [7, 11) is 0. The number of pyridine rings is 1. The Hall–Kier alpha value is -1.88. The van der Waals surface area contributed by atoms with E-state index >= 15 is 0 Å². The Bertz CT molecular complexity index is 507. The molecule has 0 spiro atoms. The Kier molecular flexibility index (Phi) is 2.87. The van der Waals surface area contributed by atoms with Gasteiger partial charge in [0.25, 0.3) is 0 Å². The van der Waals surface area contributed by atoms with Gasteiger partial charge >= 0.3 is 5.97 Å². The molecule has 2 rings (SSSR count). The first kappa shape index (κ1) is 10.6. The lowest BCUT2D eigenvalue weighted by molar-refractivity contribution is -0.144. The summed E-state index contributed by atoms with van der Waals surface area (Å²) < 4.78 is 4.88. The van der Waals surface area contributed by atoms with E-state index in [4.69, 9.17) is 10.5 Å². The Balaban J connectivity index is 2.36. The molecule has 5 nitrogen and oxygen atoms in total. The predicted molar refractivity (Wildman–Crippen MR) is 59.7 cm³/mol. The molecule has 0 radical (unpaired) electrons. The molecule has 0 saturated heterocycles. The van der Waals surface area contributed by atoms with Gasteiger partial charge in [0.15, 0.2) is 0 Å². The number of nitrogens with one attached hydrogen (secondary N) is 1. The third kappa shape index (κ3) is 1.77. The molecular weight excluding hydrogens is 206 g/mol. The van der Waals surface area contributed by atoms with Crippen LogP contribution in [0.2, 0.25) is 0 Å². The molecule has 16 heavy (non-hydrogen) atoms. The van der Waals surface area contributed by atoms with Gasteiger partial charge in [0.1, 0.15) is 11.7 Å². The van der Waals surface area contributed by atoms with Crippen LogP contribution in [0.5, 0.6) is 0 Å². The molecule has 2 aromatic heterocycles. The summed E-state index contributed by atoms with van der Waals surface area (Å²) in [6.45, 7) is 2.08. The van der Waals surface area contributed by atoms with Crippen LogP contribution in [0.3, 0.4) is 0 Å². The zero-order valence-corrected chi connectivity index (χ0v) is 8.93. The van der Waals surface area contributed by atoms with Crippen molar-refractivity contribution in [3.8, 4) is 0 Å². The highest BCUT2D eigenvalue weighted by Crippen LogP contribution is 2.21. The summed E-state index contributed by atoms with van der Waals surface area (Å²) in [6.07, 6.45) is 3.37. The summed E-state index contributed by atoms with van der Waals surface area (Å²) >= 11 is 0. The van der Waals surface area contributed by atoms with Gasteiger partial charge in [-0.05, 0) is 19.1 Å². The molecule has 1 atom stereocenters. The fraction of sp³-hybridized carbons (Fsp3) is 0.273. The number of H-pyrrole nitrogens is 1. The number of rotatable bonds is 3. The van der Waals surface area contributed by atoms with Crippen molar-refractivity contribution in [1.29, 1.82) is 0 Å². The third-order valence-electron chi connectivity index (χ3n) is 2.36. The Morgan fingerprint density at radius 2 is 2.50 bits per heavy atom. The van der Waals surface area contributed by atoms with E-state index in [1.807, 2.05) is 6.07 Å². The number of hydrogen-bond donors (Lipinski definition) is 2. The number of nitrogens with two attached hydrogens (primary N) is 1. The number of carbonyl (C=O) groups excluding carboxylic acids is 1. The molecule has 0 amide bonds. The van der Waals surface area contributed by atoms with Gasteiger partial charge in [0.2, 0.25) is 0 Å². The van der Waals surface area contributed by atoms with Crippen LogP contribution in [0.15, 0.2) is 24.5 Å². The first-order valence-corrected chi connectivity index (χ1v) is 5.08. The van der Waals surface area contributed by atoms with E-state index in [-0.39, 0.29) is 0 Å². The van der Waals surface area contributed by atoms with Crippen LogP contribution in [0.1, 0.15) is 18.5 Å². The zero-order chi connectivity index (χ0) is 11.5. The smallest absolute Gasteiger partial charge is 0.327 e. The fourth-order valence-electron chi connectivity index (χ4n) is 1.59. The van der Waals surface area contributed by atoms with Crippen LogP contribution in [-0.2, 0) is 9.53 Å². The topological polar surface area (TPSA) is 81.0 Å². The number of hydrogen-bond acceptors (Lipinski definition) is 4. The number of esters is 1. The second kappa shape index (κ2) is 4.32. The molecule has 84 valence electrons. The maximum atomic E-state index is 11.5. The lowest BCUT2D eigenvalue weighted by atomic mass is 10.1. The van der Waals surface area contributed by atoms with Crippen molar-refractivity contribution >= 4 is 17.0 Å². The van der Waals surface area contributed by atoms with E-state index in [2.05, 4.69) is 9.97 Å². The summed E-state index contributed by atoms with van der Waals surface area (Å²) in [6, 6.07) is 2.91. The summed E-state index contributed by atoms with van der Waals surface area (Å²) in [4.78, 5) is 18.6. The van der Waals surface area contributed by atoms with Gasteiger partial charge in [-0.15, -0.1) is 0 Å². The quantitative estimate of drug-likeness (QED) is 0.758. The molecule has 0 unspecified atom stereocenters. The number of ether oxygens (including phenoxy) is 1. The molecule has 2 aromatic rings. The number of fused-ring (bicyclic) bond motifs is 1. The lowest BCUT2D eigenvalue weighted by Crippen LogP contribution is -2.23. The zero-order valence-electron chi connectivity index (χ0n) is 8.93. The molecule has 2 heterocycles. The van der Waals surface area contributed by atoms with E-state index in [9.17, 15) is 4.79 Å². The molecule has 0 aromatic carbocycles.